The third-order valence-electron chi connectivity index (χ3n) is 3.03. The van der Waals surface area contributed by atoms with Crippen LogP contribution in [0, 0.1) is 11.3 Å². The highest BCUT2D eigenvalue weighted by Gasteiger charge is 2.12. The molecule has 110 valence electrons. The van der Waals surface area contributed by atoms with Crippen LogP contribution in [0.5, 0.6) is 0 Å². The highest BCUT2D eigenvalue weighted by Crippen LogP contribution is 2.28. The first-order chi connectivity index (χ1) is 10.5. The summed E-state index contributed by atoms with van der Waals surface area (Å²) in [5, 5.41) is 21.3. The van der Waals surface area contributed by atoms with Gasteiger partial charge in [-0.3, -0.25) is 4.79 Å². The second-order valence-corrected chi connectivity index (χ2v) is 4.99. The van der Waals surface area contributed by atoms with Crippen molar-refractivity contribution in [1.82, 2.24) is 0 Å². The summed E-state index contributed by atoms with van der Waals surface area (Å²) in [5.74, 6) is -0.958. The molecule has 22 heavy (non-hydrogen) atoms. The number of allylic oxidation sites excluding steroid dienone is 1. The molecule has 0 unspecified atom stereocenters. The zero-order chi connectivity index (χ0) is 16.1. The Morgan fingerprint density at radius 3 is 2.36 bits per heavy atom. The molecule has 0 saturated heterocycles. The van der Waals surface area contributed by atoms with Crippen molar-refractivity contribution in [3.63, 3.8) is 0 Å². The van der Waals surface area contributed by atoms with E-state index in [2.05, 4.69) is 5.32 Å². The fourth-order valence-corrected chi connectivity index (χ4v) is 2.16. The van der Waals surface area contributed by atoms with Crippen LogP contribution in [-0.2, 0) is 4.79 Å². The van der Waals surface area contributed by atoms with Crippen LogP contribution in [-0.4, -0.2) is 11.0 Å². The van der Waals surface area contributed by atoms with E-state index in [1.807, 2.05) is 30.3 Å². The summed E-state index contributed by atoms with van der Waals surface area (Å²) in [6, 6.07) is 16.2. The Morgan fingerprint density at radius 1 is 1.18 bits per heavy atom. The zero-order valence-electron chi connectivity index (χ0n) is 11.8. The Labute approximate surface area is 133 Å². The van der Waals surface area contributed by atoms with E-state index in [-0.39, 0.29) is 11.3 Å². The van der Waals surface area contributed by atoms with Gasteiger partial charge in [-0.1, -0.05) is 41.9 Å². The van der Waals surface area contributed by atoms with Gasteiger partial charge in [-0.25, -0.2) is 0 Å². The number of nitrogens with zero attached hydrogens (tertiary/aromatic N) is 1. The quantitative estimate of drug-likeness (QED) is 0.504. The maximum atomic E-state index is 11.8. The molecule has 0 aliphatic rings. The second-order valence-electron chi connectivity index (χ2n) is 4.58. The molecule has 2 aromatic carbocycles. The lowest BCUT2D eigenvalue weighted by molar-refractivity contribution is -0.112. The average molecular weight is 313 g/mol. The first-order valence-electron chi connectivity index (χ1n) is 6.49. The fraction of sp³-hybridized carbons (Fsp3) is 0.0588. The number of benzene rings is 2. The number of anilines is 1. The smallest absolute Gasteiger partial charge is 0.269 e. The van der Waals surface area contributed by atoms with Gasteiger partial charge in [0.25, 0.3) is 5.91 Å². The number of aliphatic hydroxyl groups excluding tert-OH is 1. The Bertz CT molecular complexity index is 770. The lowest BCUT2D eigenvalue weighted by Gasteiger charge is -2.07. The Hall–Kier alpha value is -2.77. The van der Waals surface area contributed by atoms with Crippen molar-refractivity contribution in [3.05, 3.63) is 64.9 Å². The molecule has 0 saturated carbocycles. The van der Waals surface area contributed by atoms with Gasteiger partial charge in [0.1, 0.15) is 11.8 Å². The number of rotatable bonds is 3. The van der Waals surface area contributed by atoms with Crippen molar-refractivity contribution in [2.45, 2.75) is 6.92 Å². The van der Waals surface area contributed by atoms with Crippen LogP contribution in [0.2, 0.25) is 5.02 Å². The lowest BCUT2D eigenvalue weighted by atomic mass is 10.1. The van der Waals surface area contributed by atoms with E-state index >= 15 is 0 Å². The number of amides is 1. The minimum atomic E-state index is -0.645. The van der Waals surface area contributed by atoms with Crippen molar-refractivity contribution in [3.8, 4) is 17.2 Å². The molecular weight excluding hydrogens is 300 g/mol. The molecule has 0 aliphatic carbocycles. The second kappa shape index (κ2) is 6.79. The highest BCUT2D eigenvalue weighted by molar-refractivity contribution is 6.33. The summed E-state index contributed by atoms with van der Waals surface area (Å²) >= 11 is 6.14. The molecule has 2 rings (SSSR count). The number of hydrogen-bond donors (Lipinski definition) is 2. The molecule has 0 radical (unpaired) electrons. The van der Waals surface area contributed by atoms with Gasteiger partial charge in [0.05, 0.1) is 0 Å². The number of nitrogens with one attached hydrogen (secondary N) is 1. The van der Waals surface area contributed by atoms with Crippen LogP contribution < -0.4 is 5.32 Å². The maximum Gasteiger partial charge on any atom is 0.269 e. The topological polar surface area (TPSA) is 73.1 Å². The number of hydrogen-bond acceptors (Lipinski definition) is 3. The summed E-state index contributed by atoms with van der Waals surface area (Å²) in [6.07, 6.45) is 0. The van der Waals surface area contributed by atoms with Crippen LogP contribution >= 0.6 is 11.6 Å². The normalized spacial score (nSPS) is 11.3. The maximum absolute atomic E-state index is 11.8. The van der Waals surface area contributed by atoms with Crippen LogP contribution in [0.3, 0.4) is 0 Å². The number of carbonyl (C=O) groups is 1. The minimum Gasteiger partial charge on any atom is -0.511 e. The molecule has 0 aliphatic heterocycles. The number of aliphatic hydroxyl groups is 1. The Morgan fingerprint density at radius 2 is 1.82 bits per heavy atom. The molecule has 5 heteroatoms. The molecule has 0 bridgehead atoms. The summed E-state index contributed by atoms with van der Waals surface area (Å²) in [5.41, 5.74) is 2.02. The van der Waals surface area contributed by atoms with Crippen molar-refractivity contribution in [2.24, 2.45) is 0 Å². The highest BCUT2D eigenvalue weighted by atomic mass is 35.5. The van der Waals surface area contributed by atoms with Gasteiger partial charge in [-0.2, -0.15) is 5.26 Å². The van der Waals surface area contributed by atoms with Gasteiger partial charge in [0.2, 0.25) is 0 Å². The molecule has 0 fully saturated rings. The lowest BCUT2D eigenvalue weighted by Crippen LogP contribution is -2.14. The first-order valence-corrected chi connectivity index (χ1v) is 6.87. The molecule has 2 aromatic rings. The van der Waals surface area contributed by atoms with E-state index in [9.17, 15) is 9.90 Å². The zero-order valence-corrected chi connectivity index (χ0v) is 12.6. The molecule has 2 N–H and O–H groups in total. The van der Waals surface area contributed by atoms with Gasteiger partial charge in [0.15, 0.2) is 5.57 Å². The summed E-state index contributed by atoms with van der Waals surface area (Å²) in [7, 11) is 0. The van der Waals surface area contributed by atoms with Gasteiger partial charge >= 0.3 is 0 Å². The number of halogens is 1. The largest absolute Gasteiger partial charge is 0.511 e. The SMILES string of the molecule is C/C(O)=C(\C#N)C(=O)Nc1ccc(-c2ccccc2Cl)cc1. The van der Waals surface area contributed by atoms with Crippen LogP contribution in [0.25, 0.3) is 11.1 Å². The minimum absolute atomic E-state index is 0.310. The molecule has 4 nitrogen and oxygen atoms in total. The summed E-state index contributed by atoms with van der Waals surface area (Å²) in [6.45, 7) is 1.29. The standard InChI is InChI=1S/C17H13ClN2O2/c1-11(21)15(10-19)17(22)20-13-8-6-12(7-9-13)14-4-2-3-5-16(14)18/h2-9,21H,1H3,(H,20,22)/b15-11-. The Kier molecular flexibility index (Phi) is 4.82. The fourth-order valence-electron chi connectivity index (χ4n) is 1.92. The molecule has 0 heterocycles. The molecule has 1 amide bonds. The predicted molar refractivity (Wildman–Crippen MR) is 86.5 cm³/mol. The van der Waals surface area contributed by atoms with Crippen molar-refractivity contribution < 1.29 is 9.90 Å². The van der Waals surface area contributed by atoms with Gasteiger partial charge in [-0.15, -0.1) is 0 Å². The van der Waals surface area contributed by atoms with Crippen molar-refractivity contribution >= 4 is 23.2 Å². The monoisotopic (exact) mass is 312 g/mol. The van der Waals surface area contributed by atoms with Crippen LogP contribution in [0.1, 0.15) is 6.92 Å². The summed E-state index contributed by atoms with van der Waals surface area (Å²) < 4.78 is 0. The Balaban J connectivity index is 2.21. The molecular formula is C17H13ClN2O2. The average Bonchev–Trinajstić information content (AvgIpc) is 2.49. The third-order valence-corrected chi connectivity index (χ3v) is 3.36. The van der Waals surface area contributed by atoms with E-state index in [0.29, 0.717) is 10.7 Å². The van der Waals surface area contributed by atoms with Crippen LogP contribution in [0.4, 0.5) is 5.69 Å². The van der Waals surface area contributed by atoms with E-state index in [0.717, 1.165) is 11.1 Å². The molecule has 0 atom stereocenters. The number of nitriles is 1. The van der Waals surface area contributed by atoms with E-state index in [4.69, 9.17) is 16.9 Å². The van der Waals surface area contributed by atoms with Gasteiger partial charge < -0.3 is 10.4 Å². The number of carbonyl (C=O) groups excluding carboxylic acids is 1. The van der Waals surface area contributed by atoms with E-state index < -0.39 is 5.91 Å². The van der Waals surface area contributed by atoms with Crippen LogP contribution in [0.15, 0.2) is 59.9 Å². The van der Waals surface area contributed by atoms with Crippen molar-refractivity contribution in [2.75, 3.05) is 5.32 Å². The molecule has 0 aromatic heterocycles. The van der Waals surface area contributed by atoms with Gasteiger partial charge in [-0.05, 0) is 30.7 Å². The van der Waals surface area contributed by atoms with Gasteiger partial charge in [0, 0.05) is 16.3 Å². The van der Waals surface area contributed by atoms with Crippen molar-refractivity contribution in [1.29, 1.82) is 5.26 Å². The summed E-state index contributed by atoms with van der Waals surface area (Å²) in [4.78, 5) is 11.8. The molecule has 0 spiro atoms. The third kappa shape index (κ3) is 3.46. The predicted octanol–water partition coefficient (Wildman–Crippen LogP) is 4.30. The van der Waals surface area contributed by atoms with E-state index in [1.165, 1.54) is 6.92 Å². The first kappa shape index (κ1) is 15.6. The van der Waals surface area contributed by atoms with E-state index in [1.54, 1.807) is 24.3 Å².